The molecule has 0 saturated carbocycles. The van der Waals surface area contributed by atoms with Crippen LogP contribution in [0.25, 0.3) is 0 Å². The molecule has 0 fully saturated rings. The van der Waals surface area contributed by atoms with Crippen molar-refractivity contribution in [2.24, 2.45) is 5.73 Å². The zero-order valence-corrected chi connectivity index (χ0v) is 9.21. The summed E-state index contributed by atoms with van der Waals surface area (Å²) in [5, 5.41) is 0. The van der Waals surface area contributed by atoms with Crippen LogP contribution < -0.4 is 10.5 Å². The first-order valence-electron chi connectivity index (χ1n) is 5.11. The number of nitrogens with two attached hydrogens (primary N) is 1. The Morgan fingerprint density at radius 3 is 2.64 bits per heavy atom. The fraction of sp³-hybridized carbons (Fsp3) is 0.500. The zero-order valence-electron chi connectivity index (χ0n) is 9.21. The Labute approximate surface area is 86.1 Å². The first-order chi connectivity index (χ1) is 6.63. The third kappa shape index (κ3) is 3.04. The summed E-state index contributed by atoms with van der Waals surface area (Å²) < 4.78 is 5.42. The zero-order chi connectivity index (χ0) is 10.6. The van der Waals surface area contributed by atoms with Gasteiger partial charge in [0.15, 0.2) is 0 Å². The standard InChI is InChI=1S/C12H19NO/c1-4-14-12-6-5-11(8-10(3)13)9(2)7-12/h5-7,10H,4,8,13H2,1-3H3/t10-/m1/s1. The van der Waals surface area contributed by atoms with Crippen molar-refractivity contribution in [3.8, 4) is 5.75 Å². The molecule has 0 bridgehead atoms. The highest BCUT2D eigenvalue weighted by atomic mass is 16.5. The van der Waals surface area contributed by atoms with Crippen molar-refractivity contribution in [1.82, 2.24) is 0 Å². The molecule has 14 heavy (non-hydrogen) atoms. The van der Waals surface area contributed by atoms with Gasteiger partial charge in [0.05, 0.1) is 6.61 Å². The minimum Gasteiger partial charge on any atom is -0.494 e. The molecule has 0 amide bonds. The van der Waals surface area contributed by atoms with Crippen LogP contribution in [0.4, 0.5) is 0 Å². The van der Waals surface area contributed by atoms with Crippen LogP contribution in [-0.4, -0.2) is 12.6 Å². The Hall–Kier alpha value is -1.02. The van der Waals surface area contributed by atoms with E-state index in [4.69, 9.17) is 10.5 Å². The van der Waals surface area contributed by atoms with Crippen LogP contribution in [-0.2, 0) is 6.42 Å². The molecule has 0 radical (unpaired) electrons. The van der Waals surface area contributed by atoms with Crippen molar-refractivity contribution < 1.29 is 4.74 Å². The van der Waals surface area contributed by atoms with Gasteiger partial charge >= 0.3 is 0 Å². The van der Waals surface area contributed by atoms with Crippen LogP contribution >= 0.6 is 0 Å². The van der Waals surface area contributed by atoms with Gasteiger partial charge in [0, 0.05) is 6.04 Å². The van der Waals surface area contributed by atoms with Crippen molar-refractivity contribution in [1.29, 1.82) is 0 Å². The largest absolute Gasteiger partial charge is 0.494 e. The van der Waals surface area contributed by atoms with E-state index in [-0.39, 0.29) is 6.04 Å². The molecule has 1 aromatic rings. The van der Waals surface area contributed by atoms with Crippen LogP contribution in [0, 0.1) is 6.92 Å². The minimum absolute atomic E-state index is 0.214. The molecular formula is C12H19NO. The number of aryl methyl sites for hydroxylation is 1. The second-order valence-electron chi connectivity index (χ2n) is 3.70. The normalized spacial score (nSPS) is 12.6. The molecule has 1 atom stereocenters. The summed E-state index contributed by atoms with van der Waals surface area (Å²) >= 11 is 0. The van der Waals surface area contributed by atoms with Crippen LogP contribution in [0.1, 0.15) is 25.0 Å². The first kappa shape index (κ1) is 11.1. The average Bonchev–Trinajstić information content (AvgIpc) is 2.10. The second kappa shape index (κ2) is 5.01. The van der Waals surface area contributed by atoms with Gasteiger partial charge in [-0.2, -0.15) is 0 Å². The Morgan fingerprint density at radius 1 is 1.43 bits per heavy atom. The van der Waals surface area contributed by atoms with Gasteiger partial charge < -0.3 is 10.5 Å². The summed E-state index contributed by atoms with van der Waals surface area (Å²) in [6.07, 6.45) is 0.929. The fourth-order valence-electron chi connectivity index (χ4n) is 1.50. The Balaban J connectivity index is 2.79. The number of ether oxygens (including phenoxy) is 1. The number of hydrogen-bond acceptors (Lipinski definition) is 2. The lowest BCUT2D eigenvalue weighted by Gasteiger charge is -2.10. The van der Waals surface area contributed by atoms with Gasteiger partial charge in [0.25, 0.3) is 0 Å². The lowest BCUT2D eigenvalue weighted by molar-refractivity contribution is 0.340. The summed E-state index contributed by atoms with van der Waals surface area (Å²) in [7, 11) is 0. The molecule has 2 heteroatoms. The molecule has 1 rings (SSSR count). The van der Waals surface area contributed by atoms with E-state index in [1.165, 1.54) is 11.1 Å². The molecule has 0 aliphatic rings. The maximum Gasteiger partial charge on any atom is 0.119 e. The number of hydrogen-bond donors (Lipinski definition) is 1. The van der Waals surface area contributed by atoms with Crippen molar-refractivity contribution in [3.63, 3.8) is 0 Å². The molecule has 0 aliphatic heterocycles. The molecule has 2 nitrogen and oxygen atoms in total. The van der Waals surface area contributed by atoms with Gasteiger partial charge in [-0.25, -0.2) is 0 Å². The van der Waals surface area contributed by atoms with Crippen LogP contribution in [0.3, 0.4) is 0 Å². The van der Waals surface area contributed by atoms with Gasteiger partial charge in [-0.15, -0.1) is 0 Å². The monoisotopic (exact) mass is 193 g/mol. The topological polar surface area (TPSA) is 35.2 Å². The van der Waals surface area contributed by atoms with Crippen molar-refractivity contribution in [2.45, 2.75) is 33.2 Å². The minimum atomic E-state index is 0.214. The van der Waals surface area contributed by atoms with Crippen LogP contribution in [0.5, 0.6) is 5.75 Å². The summed E-state index contributed by atoms with van der Waals surface area (Å²) in [6, 6.07) is 6.39. The van der Waals surface area contributed by atoms with Crippen LogP contribution in [0.2, 0.25) is 0 Å². The fourth-order valence-corrected chi connectivity index (χ4v) is 1.50. The molecular weight excluding hydrogens is 174 g/mol. The predicted molar refractivity (Wildman–Crippen MR) is 59.7 cm³/mol. The highest BCUT2D eigenvalue weighted by Gasteiger charge is 2.02. The molecule has 0 aromatic heterocycles. The summed E-state index contributed by atoms with van der Waals surface area (Å²) in [5.41, 5.74) is 8.33. The van der Waals surface area contributed by atoms with E-state index >= 15 is 0 Å². The lowest BCUT2D eigenvalue weighted by atomic mass is 10.0. The van der Waals surface area contributed by atoms with Gasteiger partial charge in [-0.1, -0.05) is 6.07 Å². The summed E-state index contributed by atoms with van der Waals surface area (Å²) in [6.45, 7) is 6.83. The summed E-state index contributed by atoms with van der Waals surface area (Å²) in [4.78, 5) is 0. The SMILES string of the molecule is CCOc1ccc(C[C@@H](C)N)c(C)c1. The molecule has 0 unspecified atom stereocenters. The van der Waals surface area contributed by atoms with Gasteiger partial charge in [0.2, 0.25) is 0 Å². The van der Waals surface area contributed by atoms with Crippen molar-refractivity contribution in [3.05, 3.63) is 29.3 Å². The van der Waals surface area contributed by atoms with Gasteiger partial charge in [-0.05, 0) is 50.5 Å². The van der Waals surface area contributed by atoms with E-state index in [0.717, 1.165) is 12.2 Å². The molecule has 2 N–H and O–H groups in total. The highest BCUT2D eigenvalue weighted by molar-refractivity contribution is 5.35. The van der Waals surface area contributed by atoms with Crippen LogP contribution in [0.15, 0.2) is 18.2 Å². The van der Waals surface area contributed by atoms with E-state index in [0.29, 0.717) is 6.61 Å². The van der Waals surface area contributed by atoms with E-state index in [1.54, 1.807) is 0 Å². The third-order valence-electron chi connectivity index (χ3n) is 2.17. The lowest BCUT2D eigenvalue weighted by Crippen LogP contribution is -2.18. The Kier molecular flexibility index (Phi) is 3.96. The predicted octanol–water partition coefficient (Wildman–Crippen LogP) is 2.28. The van der Waals surface area contributed by atoms with E-state index < -0.39 is 0 Å². The Morgan fingerprint density at radius 2 is 2.14 bits per heavy atom. The molecule has 0 heterocycles. The van der Waals surface area contributed by atoms with E-state index in [9.17, 15) is 0 Å². The maximum atomic E-state index is 5.76. The van der Waals surface area contributed by atoms with Crippen molar-refractivity contribution >= 4 is 0 Å². The second-order valence-corrected chi connectivity index (χ2v) is 3.70. The first-order valence-corrected chi connectivity index (χ1v) is 5.11. The number of rotatable bonds is 4. The molecule has 0 spiro atoms. The Bertz CT molecular complexity index is 294. The molecule has 1 aromatic carbocycles. The number of benzene rings is 1. The van der Waals surface area contributed by atoms with E-state index in [2.05, 4.69) is 19.1 Å². The smallest absolute Gasteiger partial charge is 0.119 e. The van der Waals surface area contributed by atoms with Crippen molar-refractivity contribution in [2.75, 3.05) is 6.61 Å². The molecule has 0 saturated heterocycles. The maximum absolute atomic E-state index is 5.76. The third-order valence-corrected chi connectivity index (χ3v) is 2.17. The molecule has 0 aliphatic carbocycles. The average molecular weight is 193 g/mol. The van der Waals surface area contributed by atoms with Gasteiger partial charge in [0.1, 0.15) is 5.75 Å². The van der Waals surface area contributed by atoms with Gasteiger partial charge in [-0.3, -0.25) is 0 Å². The van der Waals surface area contributed by atoms with E-state index in [1.807, 2.05) is 19.9 Å². The summed E-state index contributed by atoms with van der Waals surface area (Å²) in [5.74, 6) is 0.943. The quantitative estimate of drug-likeness (QED) is 0.796. The molecule has 78 valence electrons. The highest BCUT2D eigenvalue weighted by Crippen LogP contribution is 2.18.